The van der Waals surface area contributed by atoms with Gasteiger partial charge in [0.05, 0.1) is 16.5 Å². The van der Waals surface area contributed by atoms with Crippen LogP contribution in [0.4, 0.5) is 5.69 Å². The van der Waals surface area contributed by atoms with Crippen molar-refractivity contribution in [1.82, 2.24) is 4.90 Å². The van der Waals surface area contributed by atoms with E-state index in [1.54, 1.807) is 30.3 Å². The topological polar surface area (TPSA) is 101 Å². The molecule has 1 atom stereocenters. The van der Waals surface area contributed by atoms with Crippen LogP contribution in [0.2, 0.25) is 0 Å². The zero-order valence-corrected chi connectivity index (χ0v) is 15.4. The highest BCUT2D eigenvalue weighted by Crippen LogP contribution is 2.39. The van der Waals surface area contributed by atoms with E-state index in [0.717, 1.165) is 6.42 Å². The Morgan fingerprint density at radius 1 is 1.11 bits per heavy atom. The summed E-state index contributed by atoms with van der Waals surface area (Å²) in [5, 5.41) is 21.7. The summed E-state index contributed by atoms with van der Waals surface area (Å²) < 4.78 is 0. The van der Waals surface area contributed by atoms with Crippen LogP contribution in [0.3, 0.4) is 0 Å². The normalized spacial score (nSPS) is 18.5. The number of benzene rings is 2. The lowest BCUT2D eigenvalue weighted by molar-refractivity contribution is -0.384. The molecule has 0 radical (unpaired) electrons. The maximum Gasteiger partial charge on any atom is 0.295 e. The van der Waals surface area contributed by atoms with Gasteiger partial charge in [-0.3, -0.25) is 19.7 Å². The number of carbonyl (C=O) groups excluding carboxylic acids is 2. The summed E-state index contributed by atoms with van der Waals surface area (Å²) in [4.78, 5) is 37.2. The Bertz CT molecular complexity index is 935. The standard InChI is InChI=1S/C21H20N2O5/c1-2-3-13-22-18(14-9-11-16(12-10-14)23(27)28)17(20(25)21(22)26)19(24)15-7-5-4-6-8-15/h4-12,18,24H,2-3,13H2,1H3/t18-/m0/s1. The number of nitro benzene ring substituents is 1. The molecule has 7 heteroatoms. The Kier molecular flexibility index (Phi) is 5.54. The lowest BCUT2D eigenvalue weighted by atomic mass is 9.95. The van der Waals surface area contributed by atoms with Crippen LogP contribution in [0, 0.1) is 10.1 Å². The molecule has 0 aromatic heterocycles. The van der Waals surface area contributed by atoms with Crippen LogP contribution in [0.5, 0.6) is 0 Å². The molecule has 1 saturated heterocycles. The number of aliphatic hydroxyl groups excluding tert-OH is 1. The zero-order valence-electron chi connectivity index (χ0n) is 15.4. The molecule has 1 amide bonds. The van der Waals surface area contributed by atoms with E-state index in [9.17, 15) is 24.8 Å². The Hall–Kier alpha value is -3.48. The number of carbonyl (C=O) groups is 2. The fraction of sp³-hybridized carbons (Fsp3) is 0.238. The van der Waals surface area contributed by atoms with Crippen molar-refractivity contribution in [2.75, 3.05) is 6.54 Å². The van der Waals surface area contributed by atoms with Crippen LogP contribution in [0.1, 0.15) is 36.9 Å². The second-order valence-electron chi connectivity index (χ2n) is 6.56. The first-order valence-corrected chi connectivity index (χ1v) is 9.04. The molecule has 28 heavy (non-hydrogen) atoms. The fourth-order valence-corrected chi connectivity index (χ4v) is 3.32. The molecule has 144 valence electrons. The smallest absolute Gasteiger partial charge is 0.295 e. The van der Waals surface area contributed by atoms with E-state index >= 15 is 0 Å². The van der Waals surface area contributed by atoms with E-state index in [1.807, 2.05) is 6.92 Å². The van der Waals surface area contributed by atoms with Crippen LogP contribution in [0.25, 0.3) is 5.76 Å². The number of nitrogens with zero attached hydrogens (tertiary/aromatic N) is 2. The number of non-ortho nitro benzene ring substituents is 1. The first-order chi connectivity index (χ1) is 13.5. The van der Waals surface area contributed by atoms with Gasteiger partial charge in [0.15, 0.2) is 0 Å². The third-order valence-electron chi connectivity index (χ3n) is 4.76. The molecule has 0 bridgehead atoms. The highest BCUT2D eigenvalue weighted by molar-refractivity contribution is 6.46. The molecule has 0 unspecified atom stereocenters. The van der Waals surface area contributed by atoms with Gasteiger partial charge in [-0.1, -0.05) is 43.7 Å². The van der Waals surface area contributed by atoms with Crippen LogP contribution < -0.4 is 0 Å². The van der Waals surface area contributed by atoms with E-state index in [1.165, 1.54) is 29.2 Å². The van der Waals surface area contributed by atoms with Crippen molar-refractivity contribution in [3.05, 3.63) is 81.4 Å². The molecule has 7 nitrogen and oxygen atoms in total. The highest BCUT2D eigenvalue weighted by atomic mass is 16.6. The molecule has 2 aromatic rings. The SMILES string of the molecule is CCCCN1C(=O)C(=O)C(=C(O)c2ccccc2)[C@@H]1c1ccc([N+](=O)[O-])cc1. The number of ketones is 1. The average molecular weight is 380 g/mol. The lowest BCUT2D eigenvalue weighted by Gasteiger charge is -2.25. The van der Waals surface area contributed by atoms with Gasteiger partial charge in [0.1, 0.15) is 5.76 Å². The third kappa shape index (κ3) is 3.51. The van der Waals surface area contributed by atoms with Gasteiger partial charge in [-0.25, -0.2) is 0 Å². The number of hydrogen-bond acceptors (Lipinski definition) is 5. The quantitative estimate of drug-likeness (QED) is 0.270. The number of nitro groups is 1. The summed E-state index contributed by atoms with van der Waals surface area (Å²) >= 11 is 0. The van der Waals surface area contributed by atoms with Gasteiger partial charge in [0, 0.05) is 24.2 Å². The van der Waals surface area contributed by atoms with Gasteiger partial charge in [0.25, 0.3) is 17.4 Å². The lowest BCUT2D eigenvalue weighted by Crippen LogP contribution is -2.30. The van der Waals surface area contributed by atoms with Crippen molar-refractivity contribution in [2.45, 2.75) is 25.8 Å². The van der Waals surface area contributed by atoms with Crippen molar-refractivity contribution in [2.24, 2.45) is 0 Å². The number of unbranched alkanes of at least 4 members (excludes halogenated alkanes) is 1. The second kappa shape index (κ2) is 8.04. The molecule has 0 spiro atoms. The number of amides is 1. The molecule has 0 saturated carbocycles. The molecule has 1 heterocycles. The van der Waals surface area contributed by atoms with Crippen molar-refractivity contribution >= 4 is 23.1 Å². The molecule has 2 aromatic carbocycles. The summed E-state index contributed by atoms with van der Waals surface area (Å²) in [6.45, 7) is 2.33. The van der Waals surface area contributed by atoms with Crippen LogP contribution in [-0.4, -0.2) is 33.2 Å². The van der Waals surface area contributed by atoms with Gasteiger partial charge >= 0.3 is 0 Å². The fourth-order valence-electron chi connectivity index (χ4n) is 3.32. The van der Waals surface area contributed by atoms with Crippen molar-refractivity contribution in [3.8, 4) is 0 Å². The number of aliphatic hydroxyl groups is 1. The van der Waals surface area contributed by atoms with E-state index in [4.69, 9.17) is 0 Å². The average Bonchev–Trinajstić information content (AvgIpc) is 2.97. The minimum absolute atomic E-state index is 0.00107. The van der Waals surface area contributed by atoms with E-state index in [0.29, 0.717) is 24.1 Å². The maximum absolute atomic E-state index is 12.7. The third-order valence-corrected chi connectivity index (χ3v) is 4.76. The molecule has 3 rings (SSSR count). The summed E-state index contributed by atoms with van der Waals surface area (Å²) in [5.74, 6) is -1.67. The van der Waals surface area contributed by atoms with Gasteiger partial charge in [0.2, 0.25) is 0 Å². The second-order valence-corrected chi connectivity index (χ2v) is 6.56. The summed E-state index contributed by atoms with van der Waals surface area (Å²) in [5.41, 5.74) is 0.889. The number of likely N-dealkylation sites (tertiary alicyclic amines) is 1. The highest BCUT2D eigenvalue weighted by Gasteiger charge is 2.45. The number of Topliss-reactive ketones (excluding diaryl/α,β-unsaturated/α-hetero) is 1. The van der Waals surface area contributed by atoms with E-state index < -0.39 is 22.7 Å². The van der Waals surface area contributed by atoms with Crippen LogP contribution in [-0.2, 0) is 9.59 Å². The van der Waals surface area contributed by atoms with Gasteiger partial charge in [-0.05, 0) is 24.1 Å². The molecular weight excluding hydrogens is 360 g/mol. The first-order valence-electron chi connectivity index (χ1n) is 9.04. The predicted octanol–water partition coefficient (Wildman–Crippen LogP) is 3.82. The van der Waals surface area contributed by atoms with Crippen LogP contribution in [0.15, 0.2) is 60.2 Å². The van der Waals surface area contributed by atoms with Gasteiger partial charge in [-0.2, -0.15) is 0 Å². The summed E-state index contributed by atoms with van der Waals surface area (Å²) in [7, 11) is 0. The van der Waals surface area contributed by atoms with Crippen molar-refractivity contribution < 1.29 is 19.6 Å². The maximum atomic E-state index is 12.7. The molecular formula is C21H20N2O5. The Balaban J connectivity index is 2.14. The summed E-state index contributed by atoms with van der Waals surface area (Å²) in [6.07, 6.45) is 1.52. The van der Waals surface area contributed by atoms with E-state index in [2.05, 4.69) is 0 Å². The number of hydrogen-bond donors (Lipinski definition) is 1. The zero-order chi connectivity index (χ0) is 20.3. The monoisotopic (exact) mass is 380 g/mol. The number of rotatable bonds is 6. The first kappa shape index (κ1) is 19.3. The van der Waals surface area contributed by atoms with Crippen molar-refractivity contribution in [3.63, 3.8) is 0 Å². The molecule has 1 aliphatic heterocycles. The summed E-state index contributed by atoms with van der Waals surface area (Å²) in [6, 6.07) is 13.5. The largest absolute Gasteiger partial charge is 0.507 e. The van der Waals surface area contributed by atoms with Crippen molar-refractivity contribution in [1.29, 1.82) is 0 Å². The minimum Gasteiger partial charge on any atom is -0.507 e. The Morgan fingerprint density at radius 3 is 2.32 bits per heavy atom. The molecule has 1 N–H and O–H groups in total. The molecule has 1 fully saturated rings. The van der Waals surface area contributed by atoms with E-state index in [-0.39, 0.29) is 17.0 Å². The van der Waals surface area contributed by atoms with Gasteiger partial charge in [-0.15, -0.1) is 0 Å². The minimum atomic E-state index is -0.785. The molecule has 0 aliphatic carbocycles. The Morgan fingerprint density at radius 2 is 1.75 bits per heavy atom. The predicted molar refractivity (Wildman–Crippen MR) is 103 cm³/mol. The Labute approximate surface area is 162 Å². The molecule has 1 aliphatic rings. The van der Waals surface area contributed by atoms with Crippen LogP contribution >= 0.6 is 0 Å². The van der Waals surface area contributed by atoms with Gasteiger partial charge < -0.3 is 10.0 Å².